The fraction of sp³-hybridized carbons (Fsp3) is 0.0769. The Morgan fingerprint density at radius 3 is 2.89 bits per heavy atom. The van der Waals surface area contributed by atoms with Gasteiger partial charge >= 0.3 is 0 Å². The zero-order valence-corrected chi connectivity index (χ0v) is 11.9. The molecule has 5 heteroatoms. The summed E-state index contributed by atoms with van der Waals surface area (Å²) in [5, 5.41) is 3.19. The Bertz CT molecular complexity index is 601. The summed E-state index contributed by atoms with van der Waals surface area (Å²) in [6.07, 6.45) is 3.09. The van der Waals surface area contributed by atoms with E-state index in [-0.39, 0.29) is 5.91 Å². The Balaban J connectivity index is 2.28. The third kappa shape index (κ3) is 2.89. The van der Waals surface area contributed by atoms with Crippen LogP contribution in [-0.4, -0.2) is 10.9 Å². The highest BCUT2D eigenvalue weighted by atomic mass is 79.9. The summed E-state index contributed by atoms with van der Waals surface area (Å²) in [6, 6.07) is 7.21. The highest BCUT2D eigenvalue weighted by molar-refractivity contribution is 9.10. The molecule has 0 aliphatic carbocycles. The summed E-state index contributed by atoms with van der Waals surface area (Å²) in [6.45, 7) is 1.93. The highest BCUT2D eigenvalue weighted by Gasteiger charge is 2.11. The number of nitrogens with one attached hydrogen (secondary N) is 1. The number of carbonyl (C=O) groups is 1. The van der Waals surface area contributed by atoms with Gasteiger partial charge in [-0.2, -0.15) is 0 Å². The topological polar surface area (TPSA) is 42.0 Å². The van der Waals surface area contributed by atoms with Gasteiger partial charge in [-0.15, -0.1) is 0 Å². The second-order valence-corrected chi connectivity index (χ2v) is 5.05. The first-order valence-electron chi connectivity index (χ1n) is 5.25. The van der Waals surface area contributed by atoms with Gasteiger partial charge in [0, 0.05) is 10.7 Å². The van der Waals surface area contributed by atoms with E-state index < -0.39 is 0 Å². The lowest BCUT2D eigenvalue weighted by molar-refractivity contribution is 0.102. The van der Waals surface area contributed by atoms with Crippen molar-refractivity contribution >= 4 is 39.1 Å². The Morgan fingerprint density at radius 1 is 1.39 bits per heavy atom. The van der Waals surface area contributed by atoms with Crippen molar-refractivity contribution in [3.63, 3.8) is 0 Å². The van der Waals surface area contributed by atoms with E-state index in [4.69, 9.17) is 11.6 Å². The number of halogens is 2. The summed E-state index contributed by atoms with van der Waals surface area (Å²) >= 11 is 9.31. The van der Waals surface area contributed by atoms with Crippen molar-refractivity contribution in [1.82, 2.24) is 4.98 Å². The van der Waals surface area contributed by atoms with Gasteiger partial charge in [-0.3, -0.25) is 9.78 Å². The lowest BCUT2D eigenvalue weighted by atomic mass is 10.1. The molecule has 0 atom stereocenters. The molecule has 1 N–H and O–H groups in total. The maximum Gasteiger partial charge on any atom is 0.256 e. The van der Waals surface area contributed by atoms with Crippen LogP contribution in [0, 0.1) is 6.92 Å². The van der Waals surface area contributed by atoms with Gasteiger partial charge in [-0.05, 0) is 41.1 Å². The zero-order valence-electron chi connectivity index (χ0n) is 9.58. The molecule has 1 aromatic heterocycles. The molecule has 92 valence electrons. The molecule has 0 saturated heterocycles. The summed E-state index contributed by atoms with van der Waals surface area (Å²) in [7, 11) is 0. The molecular weight excluding hydrogens is 316 g/mol. The number of nitrogens with zero attached hydrogens (tertiary/aromatic N) is 1. The van der Waals surface area contributed by atoms with Crippen molar-refractivity contribution in [2.24, 2.45) is 0 Å². The van der Waals surface area contributed by atoms with E-state index in [1.807, 2.05) is 25.1 Å². The molecule has 0 aliphatic heterocycles. The van der Waals surface area contributed by atoms with Crippen molar-refractivity contribution in [2.75, 3.05) is 5.32 Å². The monoisotopic (exact) mass is 324 g/mol. The normalized spacial score (nSPS) is 10.2. The van der Waals surface area contributed by atoms with Crippen LogP contribution in [0.15, 0.2) is 41.1 Å². The number of carbonyl (C=O) groups excluding carboxylic acids is 1. The van der Waals surface area contributed by atoms with Crippen LogP contribution in [0.4, 0.5) is 5.69 Å². The number of hydrogen-bond donors (Lipinski definition) is 1. The SMILES string of the molecule is Cc1ccc(Br)c(C(=O)Nc2cnccc2Cl)c1. The number of hydrogen-bond acceptors (Lipinski definition) is 2. The Hall–Kier alpha value is -1.39. The molecule has 0 fully saturated rings. The van der Waals surface area contributed by atoms with E-state index in [0.717, 1.165) is 10.0 Å². The van der Waals surface area contributed by atoms with Crippen LogP contribution in [0.5, 0.6) is 0 Å². The number of aryl methyl sites for hydroxylation is 1. The van der Waals surface area contributed by atoms with Crippen molar-refractivity contribution in [2.45, 2.75) is 6.92 Å². The molecule has 0 saturated carbocycles. The molecule has 0 aliphatic rings. The van der Waals surface area contributed by atoms with E-state index in [1.165, 1.54) is 6.20 Å². The second-order valence-electron chi connectivity index (χ2n) is 3.79. The molecule has 1 aromatic carbocycles. The Labute approximate surface area is 118 Å². The molecular formula is C13H10BrClN2O. The van der Waals surface area contributed by atoms with Crippen molar-refractivity contribution in [3.8, 4) is 0 Å². The number of benzene rings is 1. The third-order valence-corrected chi connectivity index (χ3v) is 3.40. The Kier molecular flexibility index (Phi) is 3.99. The molecule has 1 heterocycles. The van der Waals surface area contributed by atoms with Gasteiger partial charge in [0.2, 0.25) is 0 Å². The maximum atomic E-state index is 12.1. The number of rotatable bonds is 2. The second kappa shape index (κ2) is 5.50. The smallest absolute Gasteiger partial charge is 0.256 e. The van der Waals surface area contributed by atoms with E-state index >= 15 is 0 Å². The van der Waals surface area contributed by atoms with Gasteiger partial charge in [0.05, 0.1) is 22.5 Å². The minimum Gasteiger partial charge on any atom is -0.319 e. The van der Waals surface area contributed by atoms with Crippen LogP contribution in [0.1, 0.15) is 15.9 Å². The zero-order chi connectivity index (χ0) is 13.1. The molecule has 2 aromatic rings. The van der Waals surface area contributed by atoms with E-state index in [9.17, 15) is 4.79 Å². The predicted octanol–water partition coefficient (Wildman–Crippen LogP) is 4.06. The summed E-state index contributed by atoms with van der Waals surface area (Å²) in [5.41, 5.74) is 2.08. The van der Waals surface area contributed by atoms with Crippen LogP contribution in [-0.2, 0) is 0 Å². The van der Waals surface area contributed by atoms with Crippen LogP contribution >= 0.6 is 27.5 Å². The maximum absolute atomic E-state index is 12.1. The number of amides is 1. The lowest BCUT2D eigenvalue weighted by Crippen LogP contribution is -2.13. The molecule has 0 radical (unpaired) electrons. The van der Waals surface area contributed by atoms with Gasteiger partial charge in [0.15, 0.2) is 0 Å². The highest BCUT2D eigenvalue weighted by Crippen LogP contribution is 2.23. The third-order valence-electron chi connectivity index (χ3n) is 2.38. The fourth-order valence-corrected chi connectivity index (χ4v) is 2.05. The van der Waals surface area contributed by atoms with Gasteiger partial charge in [0.25, 0.3) is 5.91 Å². The van der Waals surface area contributed by atoms with Crippen molar-refractivity contribution in [1.29, 1.82) is 0 Å². The first kappa shape index (κ1) is 13.1. The molecule has 2 rings (SSSR count). The molecule has 0 bridgehead atoms. The van der Waals surface area contributed by atoms with E-state index in [1.54, 1.807) is 12.3 Å². The standard InChI is InChI=1S/C13H10BrClN2O/c1-8-2-3-10(14)9(6-8)13(18)17-12-7-16-5-4-11(12)15/h2-7H,1H3,(H,17,18). The molecule has 0 spiro atoms. The largest absolute Gasteiger partial charge is 0.319 e. The van der Waals surface area contributed by atoms with E-state index in [2.05, 4.69) is 26.2 Å². The van der Waals surface area contributed by atoms with Gasteiger partial charge in [-0.25, -0.2) is 0 Å². The van der Waals surface area contributed by atoms with Crippen LogP contribution in [0.25, 0.3) is 0 Å². The lowest BCUT2D eigenvalue weighted by Gasteiger charge is -2.08. The number of pyridine rings is 1. The first-order valence-corrected chi connectivity index (χ1v) is 6.42. The number of anilines is 1. The molecule has 1 amide bonds. The van der Waals surface area contributed by atoms with E-state index in [0.29, 0.717) is 16.3 Å². The predicted molar refractivity (Wildman–Crippen MR) is 76.1 cm³/mol. The minimum absolute atomic E-state index is 0.222. The molecule has 18 heavy (non-hydrogen) atoms. The van der Waals surface area contributed by atoms with Crippen LogP contribution in [0.3, 0.4) is 0 Å². The summed E-state index contributed by atoms with van der Waals surface area (Å²) in [4.78, 5) is 16.0. The van der Waals surface area contributed by atoms with Gasteiger partial charge in [0.1, 0.15) is 0 Å². The van der Waals surface area contributed by atoms with Crippen molar-refractivity contribution in [3.05, 3.63) is 57.3 Å². The summed E-state index contributed by atoms with van der Waals surface area (Å²) in [5.74, 6) is -0.222. The average Bonchev–Trinajstić information content (AvgIpc) is 2.35. The first-order chi connectivity index (χ1) is 8.58. The quantitative estimate of drug-likeness (QED) is 0.905. The average molecular weight is 326 g/mol. The molecule has 3 nitrogen and oxygen atoms in total. The van der Waals surface area contributed by atoms with Crippen molar-refractivity contribution < 1.29 is 4.79 Å². The fourth-order valence-electron chi connectivity index (χ4n) is 1.47. The summed E-state index contributed by atoms with van der Waals surface area (Å²) < 4.78 is 0.741. The Morgan fingerprint density at radius 2 is 2.17 bits per heavy atom. The van der Waals surface area contributed by atoms with Gasteiger partial charge < -0.3 is 5.32 Å². The number of aromatic nitrogens is 1. The van der Waals surface area contributed by atoms with Gasteiger partial charge in [-0.1, -0.05) is 23.2 Å². The minimum atomic E-state index is -0.222. The molecule has 0 unspecified atom stereocenters. The van der Waals surface area contributed by atoms with Crippen LogP contribution < -0.4 is 5.32 Å². The van der Waals surface area contributed by atoms with Crippen LogP contribution in [0.2, 0.25) is 5.02 Å².